The molecule has 6 rings (SSSR count). The standard InChI is InChI=1S/C47H43N3/c1-27(2)40(46-31(6)15-12-16-32(46)7)24-41-35(10)50(43-18-17-36(23-42(41)43)44-29(4)13-11-14-30(44)5)47-38(25-48)21-37(22-39(47)26-49)45-33(8)19-28(3)20-34(45)9/h11-24H,1H2,2-10H3/b40-24+. The summed E-state index contributed by atoms with van der Waals surface area (Å²) in [6.07, 6.45) is 2.26. The van der Waals surface area contributed by atoms with Gasteiger partial charge in [-0.1, -0.05) is 72.3 Å². The van der Waals surface area contributed by atoms with Crippen LogP contribution in [0.5, 0.6) is 0 Å². The summed E-state index contributed by atoms with van der Waals surface area (Å²) in [6.45, 7) is 23.4. The van der Waals surface area contributed by atoms with Gasteiger partial charge in [-0.15, -0.1) is 0 Å². The van der Waals surface area contributed by atoms with Gasteiger partial charge in [-0.3, -0.25) is 0 Å². The molecule has 3 heteroatoms. The van der Waals surface area contributed by atoms with Gasteiger partial charge >= 0.3 is 0 Å². The highest BCUT2D eigenvalue weighted by atomic mass is 15.0. The van der Waals surface area contributed by atoms with Crippen molar-refractivity contribution in [2.45, 2.75) is 62.3 Å². The Kier molecular flexibility index (Phi) is 8.96. The number of allylic oxidation sites excluding steroid dienone is 2. The topological polar surface area (TPSA) is 52.5 Å². The zero-order chi connectivity index (χ0) is 36.0. The maximum atomic E-state index is 10.7. The van der Waals surface area contributed by atoms with E-state index in [1.807, 2.05) is 12.1 Å². The molecule has 0 atom stereocenters. The maximum Gasteiger partial charge on any atom is 0.101 e. The van der Waals surface area contributed by atoms with E-state index in [1.54, 1.807) is 0 Å². The van der Waals surface area contributed by atoms with Crippen LogP contribution in [0, 0.1) is 78.1 Å². The number of aryl methyl sites for hydroxylation is 7. The molecular formula is C47H43N3. The summed E-state index contributed by atoms with van der Waals surface area (Å²) in [7, 11) is 0. The third kappa shape index (κ3) is 5.76. The second-order valence-corrected chi connectivity index (χ2v) is 13.9. The highest BCUT2D eigenvalue weighted by Gasteiger charge is 2.23. The Labute approximate surface area is 297 Å². The second kappa shape index (κ2) is 13.2. The summed E-state index contributed by atoms with van der Waals surface area (Å²) < 4.78 is 2.12. The third-order valence-electron chi connectivity index (χ3n) is 10.1. The molecule has 0 aliphatic carbocycles. The first-order valence-electron chi connectivity index (χ1n) is 17.1. The van der Waals surface area contributed by atoms with Gasteiger partial charge in [0.15, 0.2) is 0 Å². The Morgan fingerprint density at radius 2 is 1.16 bits per heavy atom. The Morgan fingerprint density at radius 1 is 0.640 bits per heavy atom. The normalized spacial score (nSPS) is 11.5. The van der Waals surface area contributed by atoms with Crippen LogP contribution in [0.4, 0.5) is 0 Å². The molecule has 0 N–H and O–H groups in total. The Balaban J connectivity index is 1.73. The average Bonchev–Trinajstić information content (AvgIpc) is 3.32. The van der Waals surface area contributed by atoms with E-state index < -0.39 is 0 Å². The van der Waals surface area contributed by atoms with E-state index in [4.69, 9.17) is 0 Å². The highest BCUT2D eigenvalue weighted by Crippen LogP contribution is 2.41. The predicted octanol–water partition coefficient (Wildman–Crippen LogP) is 12.3. The van der Waals surface area contributed by atoms with E-state index in [2.05, 4.69) is 158 Å². The van der Waals surface area contributed by atoms with Crippen LogP contribution in [-0.4, -0.2) is 4.57 Å². The fraction of sp³-hybridized carbons (Fsp3) is 0.191. The molecule has 0 radical (unpaired) electrons. The zero-order valence-corrected chi connectivity index (χ0v) is 30.6. The van der Waals surface area contributed by atoms with Gasteiger partial charge in [-0.05, 0) is 159 Å². The lowest BCUT2D eigenvalue weighted by Gasteiger charge is -2.17. The summed E-state index contributed by atoms with van der Waals surface area (Å²) >= 11 is 0. The second-order valence-electron chi connectivity index (χ2n) is 13.9. The van der Waals surface area contributed by atoms with Crippen LogP contribution in [0.3, 0.4) is 0 Å². The van der Waals surface area contributed by atoms with Crippen LogP contribution in [0.25, 0.3) is 50.5 Å². The summed E-state index contributed by atoms with van der Waals surface area (Å²) in [5.74, 6) is 0. The number of fused-ring (bicyclic) bond motifs is 1. The summed E-state index contributed by atoms with van der Waals surface area (Å²) in [6, 6.07) is 32.5. The minimum Gasteiger partial charge on any atom is -0.311 e. The quantitative estimate of drug-likeness (QED) is 0.169. The molecule has 0 saturated heterocycles. The number of nitriles is 2. The summed E-state index contributed by atoms with van der Waals surface area (Å²) in [4.78, 5) is 0. The molecule has 50 heavy (non-hydrogen) atoms. The van der Waals surface area contributed by atoms with Crippen molar-refractivity contribution >= 4 is 22.6 Å². The highest BCUT2D eigenvalue weighted by molar-refractivity contribution is 6.03. The van der Waals surface area contributed by atoms with Gasteiger partial charge in [0.25, 0.3) is 0 Å². The lowest BCUT2D eigenvalue weighted by molar-refractivity contribution is 1.04. The molecule has 5 aromatic carbocycles. The van der Waals surface area contributed by atoms with Crippen molar-refractivity contribution < 1.29 is 0 Å². The molecule has 1 heterocycles. The molecule has 1 aromatic heterocycles. The van der Waals surface area contributed by atoms with Crippen molar-refractivity contribution in [3.8, 4) is 40.1 Å². The minimum absolute atomic E-state index is 0.461. The van der Waals surface area contributed by atoms with Gasteiger partial charge in [-0.25, -0.2) is 0 Å². The van der Waals surface area contributed by atoms with Crippen LogP contribution in [0.1, 0.15) is 73.8 Å². The predicted molar refractivity (Wildman–Crippen MR) is 211 cm³/mol. The molecule has 0 bridgehead atoms. The van der Waals surface area contributed by atoms with Crippen molar-refractivity contribution in [3.05, 3.63) is 158 Å². The first-order chi connectivity index (χ1) is 23.9. The Hall–Kier alpha value is -5.90. The maximum absolute atomic E-state index is 10.7. The van der Waals surface area contributed by atoms with Crippen molar-refractivity contribution in [1.82, 2.24) is 4.57 Å². The molecule has 246 valence electrons. The minimum atomic E-state index is 0.461. The van der Waals surface area contributed by atoms with Crippen LogP contribution in [0.2, 0.25) is 0 Å². The zero-order valence-electron chi connectivity index (χ0n) is 30.6. The van der Waals surface area contributed by atoms with Gasteiger partial charge in [0.05, 0.1) is 22.3 Å². The smallest absolute Gasteiger partial charge is 0.101 e. The molecule has 0 aliphatic rings. The van der Waals surface area contributed by atoms with Crippen molar-refractivity contribution in [1.29, 1.82) is 10.5 Å². The van der Waals surface area contributed by atoms with E-state index in [0.717, 1.165) is 61.1 Å². The molecular weight excluding hydrogens is 607 g/mol. The van der Waals surface area contributed by atoms with Gasteiger partial charge < -0.3 is 4.57 Å². The SMILES string of the molecule is C=C(C)/C(=C\c1c(C)n(-c2c(C#N)cc(-c3c(C)cc(C)cc3C)cc2C#N)c2ccc(-c3c(C)cccc3C)cc12)c1c(C)cccc1C. The number of hydrogen-bond acceptors (Lipinski definition) is 2. The molecule has 0 saturated carbocycles. The van der Waals surface area contributed by atoms with Crippen molar-refractivity contribution in [2.75, 3.05) is 0 Å². The number of hydrogen-bond donors (Lipinski definition) is 0. The molecule has 0 spiro atoms. The fourth-order valence-corrected chi connectivity index (χ4v) is 7.96. The van der Waals surface area contributed by atoms with Gasteiger partial charge in [0, 0.05) is 16.6 Å². The lowest BCUT2D eigenvalue weighted by atomic mass is 9.89. The number of benzene rings is 5. The molecule has 0 fully saturated rings. The fourth-order valence-electron chi connectivity index (χ4n) is 7.96. The Bertz CT molecular complexity index is 2400. The average molecular weight is 650 g/mol. The molecule has 0 aliphatic heterocycles. The Morgan fingerprint density at radius 3 is 1.68 bits per heavy atom. The monoisotopic (exact) mass is 649 g/mol. The lowest BCUT2D eigenvalue weighted by Crippen LogP contribution is -2.05. The molecule has 3 nitrogen and oxygen atoms in total. The van der Waals surface area contributed by atoms with Crippen LogP contribution in [-0.2, 0) is 0 Å². The largest absolute Gasteiger partial charge is 0.311 e. The molecule has 6 aromatic rings. The van der Waals surface area contributed by atoms with Crippen LogP contribution < -0.4 is 0 Å². The first kappa shape index (κ1) is 34.0. The third-order valence-corrected chi connectivity index (χ3v) is 10.1. The van der Waals surface area contributed by atoms with Gasteiger partial charge in [-0.2, -0.15) is 10.5 Å². The first-order valence-corrected chi connectivity index (χ1v) is 17.1. The summed E-state index contributed by atoms with van der Waals surface area (Å²) in [5, 5.41) is 22.5. The van der Waals surface area contributed by atoms with E-state index in [1.165, 1.54) is 38.9 Å². The van der Waals surface area contributed by atoms with E-state index in [-0.39, 0.29) is 0 Å². The van der Waals surface area contributed by atoms with Crippen molar-refractivity contribution in [2.24, 2.45) is 0 Å². The van der Waals surface area contributed by atoms with Gasteiger partial charge in [0.2, 0.25) is 0 Å². The van der Waals surface area contributed by atoms with Crippen LogP contribution >= 0.6 is 0 Å². The van der Waals surface area contributed by atoms with Gasteiger partial charge in [0.1, 0.15) is 12.1 Å². The van der Waals surface area contributed by atoms with Crippen LogP contribution in [0.15, 0.2) is 91.0 Å². The van der Waals surface area contributed by atoms with E-state index in [9.17, 15) is 10.5 Å². The van der Waals surface area contributed by atoms with E-state index >= 15 is 0 Å². The number of rotatable bonds is 6. The van der Waals surface area contributed by atoms with E-state index in [0.29, 0.717) is 16.8 Å². The summed E-state index contributed by atoms with van der Waals surface area (Å²) in [5.41, 5.74) is 20.2. The van der Waals surface area contributed by atoms with Crippen molar-refractivity contribution in [3.63, 3.8) is 0 Å². The number of nitrogens with zero attached hydrogens (tertiary/aromatic N) is 3. The molecule has 0 amide bonds. The number of aromatic nitrogens is 1. The molecule has 0 unspecified atom stereocenters.